The highest BCUT2D eigenvalue weighted by atomic mass is 32.2. The van der Waals surface area contributed by atoms with E-state index in [1.165, 1.54) is 23.9 Å². The van der Waals surface area contributed by atoms with Crippen molar-refractivity contribution in [2.24, 2.45) is 0 Å². The molecular weight excluding hydrogens is 361 g/mol. The van der Waals surface area contributed by atoms with Crippen molar-refractivity contribution < 1.29 is 14.1 Å². The fourth-order valence-corrected chi connectivity index (χ4v) is 3.43. The van der Waals surface area contributed by atoms with Gasteiger partial charge in [-0.1, -0.05) is 31.4 Å². The number of benzene rings is 1. The number of nitro groups is 1. The summed E-state index contributed by atoms with van der Waals surface area (Å²) >= 11 is 1.46. The molecule has 1 aromatic heterocycles. The molecule has 0 aliphatic rings. The maximum atomic E-state index is 13.5. The van der Waals surface area contributed by atoms with E-state index in [-0.39, 0.29) is 0 Å². The Morgan fingerprint density at radius 3 is 2.72 bits per heavy atom. The number of rotatable bonds is 8. The van der Waals surface area contributed by atoms with Crippen molar-refractivity contribution in [2.75, 3.05) is 12.9 Å². The van der Waals surface area contributed by atoms with Crippen LogP contribution in [0.25, 0.3) is 11.3 Å². The van der Waals surface area contributed by atoms with Crippen molar-refractivity contribution >= 4 is 25.5 Å². The van der Waals surface area contributed by atoms with Gasteiger partial charge < -0.3 is 9.30 Å². The summed E-state index contributed by atoms with van der Waals surface area (Å²) in [4.78, 5) is 14.6. The molecule has 0 saturated carbocycles. The molecule has 0 unspecified atom stereocenters. The molecule has 0 aliphatic carbocycles. The van der Waals surface area contributed by atoms with Gasteiger partial charge in [-0.3, -0.25) is 10.1 Å². The number of imidazole rings is 1. The molecule has 0 aliphatic heterocycles. The van der Waals surface area contributed by atoms with Gasteiger partial charge in [0.05, 0.1) is 10.6 Å². The Morgan fingerprint density at radius 1 is 1.40 bits per heavy atom. The number of hydrogen-bond donors (Lipinski definition) is 0. The average molecular weight is 384 g/mol. The molecule has 2 rings (SSSR count). The first-order valence-corrected chi connectivity index (χ1v) is 12.8. The topological polar surface area (TPSA) is 70.2 Å². The van der Waals surface area contributed by atoms with Crippen LogP contribution in [0.5, 0.6) is 0 Å². The second-order valence-corrected chi connectivity index (χ2v) is 13.2. The van der Waals surface area contributed by atoms with Crippen molar-refractivity contribution in [1.29, 1.82) is 0 Å². The number of nitro benzene ring substituents is 1. The van der Waals surface area contributed by atoms with Gasteiger partial charge >= 0.3 is 5.69 Å². The Kier molecular flexibility index (Phi) is 6.36. The molecule has 9 heteroatoms. The lowest BCUT2D eigenvalue weighted by molar-refractivity contribution is -0.387. The number of thioether (sulfide) groups is 1. The maximum Gasteiger partial charge on any atom is 0.305 e. The highest BCUT2D eigenvalue weighted by Gasteiger charge is 2.17. The van der Waals surface area contributed by atoms with Crippen molar-refractivity contribution in [1.82, 2.24) is 9.55 Å². The molecular formula is C16H22FN3O3SSi. The van der Waals surface area contributed by atoms with Crippen LogP contribution in [0.1, 0.15) is 0 Å². The van der Waals surface area contributed by atoms with E-state index in [4.69, 9.17) is 4.74 Å². The smallest absolute Gasteiger partial charge is 0.305 e. The van der Waals surface area contributed by atoms with Gasteiger partial charge in [-0.25, -0.2) is 4.98 Å². The minimum Gasteiger partial charge on any atom is -0.361 e. The first-order valence-electron chi connectivity index (χ1n) is 7.84. The van der Waals surface area contributed by atoms with Gasteiger partial charge in [-0.05, 0) is 24.4 Å². The zero-order valence-electron chi connectivity index (χ0n) is 14.8. The second-order valence-electron chi connectivity index (χ2n) is 6.85. The van der Waals surface area contributed by atoms with E-state index in [9.17, 15) is 14.5 Å². The van der Waals surface area contributed by atoms with Gasteiger partial charge in [0.2, 0.25) is 5.82 Å². The summed E-state index contributed by atoms with van der Waals surface area (Å²) in [7, 11) is -1.14. The summed E-state index contributed by atoms with van der Waals surface area (Å²) in [6, 6.07) is 4.87. The zero-order chi connectivity index (χ0) is 18.6. The van der Waals surface area contributed by atoms with Gasteiger partial charge in [0.15, 0.2) is 5.16 Å². The molecule has 136 valence electrons. The standard InChI is InChI=1S/C16H22FN3O3SSi/c1-24-16-18-14(10-19(16)11-23-7-8-25(2,3)4)12-5-6-13(17)15(9-12)20(21)22/h5-6,9-10H,7-8,11H2,1-4H3. The SMILES string of the molecule is CSc1nc(-c2ccc(F)c([N+](=O)[O-])c2)cn1COCC[Si](C)(C)C. The predicted molar refractivity (Wildman–Crippen MR) is 100 cm³/mol. The second kappa shape index (κ2) is 8.11. The Morgan fingerprint density at radius 2 is 2.12 bits per heavy atom. The van der Waals surface area contributed by atoms with Crippen LogP contribution in [0.3, 0.4) is 0 Å². The minimum absolute atomic E-state index is 0.372. The number of aromatic nitrogens is 2. The molecule has 0 amide bonds. The highest BCUT2D eigenvalue weighted by Crippen LogP contribution is 2.28. The molecule has 0 radical (unpaired) electrons. The Labute approximate surface area is 151 Å². The fraction of sp³-hybridized carbons (Fsp3) is 0.438. The van der Waals surface area contributed by atoms with E-state index < -0.39 is 24.5 Å². The number of hydrogen-bond acceptors (Lipinski definition) is 5. The number of halogens is 1. The van der Waals surface area contributed by atoms with E-state index in [0.717, 1.165) is 17.3 Å². The molecule has 0 atom stereocenters. The minimum atomic E-state index is -1.14. The van der Waals surface area contributed by atoms with Crippen LogP contribution in [-0.4, -0.2) is 35.4 Å². The Hall–Kier alpha value is -1.71. The van der Waals surface area contributed by atoms with Gasteiger partial charge in [-0.2, -0.15) is 4.39 Å². The summed E-state index contributed by atoms with van der Waals surface area (Å²) in [5.74, 6) is -0.854. The van der Waals surface area contributed by atoms with E-state index in [0.29, 0.717) is 24.6 Å². The van der Waals surface area contributed by atoms with Crippen molar-refractivity contribution in [3.8, 4) is 11.3 Å². The molecule has 25 heavy (non-hydrogen) atoms. The third kappa shape index (κ3) is 5.38. The highest BCUT2D eigenvalue weighted by molar-refractivity contribution is 7.98. The van der Waals surface area contributed by atoms with Gasteiger partial charge in [0.1, 0.15) is 6.73 Å². The largest absolute Gasteiger partial charge is 0.361 e. The number of ether oxygens (including phenoxy) is 1. The third-order valence-corrected chi connectivity index (χ3v) is 5.98. The lowest BCUT2D eigenvalue weighted by Gasteiger charge is -2.15. The van der Waals surface area contributed by atoms with Crippen molar-refractivity contribution in [3.05, 3.63) is 40.3 Å². The van der Waals surface area contributed by atoms with Crippen LogP contribution < -0.4 is 0 Å². The van der Waals surface area contributed by atoms with Crippen molar-refractivity contribution in [2.45, 2.75) is 37.6 Å². The zero-order valence-corrected chi connectivity index (χ0v) is 16.6. The molecule has 0 N–H and O–H groups in total. The summed E-state index contributed by atoms with van der Waals surface area (Å²) in [6.07, 6.45) is 3.68. The van der Waals surface area contributed by atoms with Crippen LogP contribution >= 0.6 is 11.8 Å². The molecule has 0 saturated heterocycles. The normalized spacial score (nSPS) is 11.7. The molecule has 1 aromatic carbocycles. The van der Waals surface area contributed by atoms with E-state index in [1.807, 2.05) is 10.8 Å². The van der Waals surface area contributed by atoms with Gasteiger partial charge in [0.25, 0.3) is 0 Å². The van der Waals surface area contributed by atoms with E-state index >= 15 is 0 Å². The summed E-state index contributed by atoms with van der Waals surface area (Å²) in [6.45, 7) is 7.94. The quantitative estimate of drug-likeness (QED) is 0.218. The van der Waals surface area contributed by atoms with Crippen LogP contribution in [0.4, 0.5) is 10.1 Å². The fourth-order valence-electron chi connectivity index (χ4n) is 2.15. The molecule has 0 fully saturated rings. The molecule has 0 spiro atoms. The average Bonchev–Trinajstić information content (AvgIpc) is 2.94. The molecule has 1 heterocycles. The van der Waals surface area contributed by atoms with Crippen LogP contribution in [0, 0.1) is 15.9 Å². The Bertz CT molecular complexity index is 762. The molecule has 2 aromatic rings. The molecule has 6 nitrogen and oxygen atoms in total. The first kappa shape index (κ1) is 19.6. The summed E-state index contributed by atoms with van der Waals surface area (Å²) in [5, 5.41) is 11.7. The van der Waals surface area contributed by atoms with Crippen molar-refractivity contribution in [3.63, 3.8) is 0 Å². The summed E-state index contributed by atoms with van der Waals surface area (Å²) < 4.78 is 21.1. The van der Waals surface area contributed by atoms with Crippen LogP contribution in [-0.2, 0) is 11.5 Å². The van der Waals surface area contributed by atoms with E-state index in [2.05, 4.69) is 24.6 Å². The van der Waals surface area contributed by atoms with Crippen LogP contribution in [0.15, 0.2) is 29.6 Å². The lowest BCUT2D eigenvalue weighted by Crippen LogP contribution is -2.22. The monoisotopic (exact) mass is 383 g/mol. The predicted octanol–water partition coefficient (Wildman–Crippen LogP) is 4.63. The maximum absolute atomic E-state index is 13.5. The molecule has 0 bridgehead atoms. The first-order chi connectivity index (χ1) is 11.7. The van der Waals surface area contributed by atoms with E-state index in [1.54, 1.807) is 6.20 Å². The third-order valence-electron chi connectivity index (χ3n) is 3.59. The van der Waals surface area contributed by atoms with Gasteiger partial charge in [0, 0.05) is 32.5 Å². The Balaban J connectivity index is 2.17. The number of nitrogens with zero attached hydrogens (tertiary/aromatic N) is 3. The lowest BCUT2D eigenvalue weighted by atomic mass is 10.1. The van der Waals surface area contributed by atoms with Crippen LogP contribution in [0.2, 0.25) is 25.7 Å². The van der Waals surface area contributed by atoms with Gasteiger partial charge in [-0.15, -0.1) is 0 Å². The summed E-state index contributed by atoms with van der Waals surface area (Å²) in [5.41, 5.74) is 0.509.